The Morgan fingerprint density at radius 1 is 0.658 bits per heavy atom. The maximum absolute atomic E-state index is 5.03. The molecule has 0 fully saturated rings. The number of fused-ring (bicyclic) bond motifs is 6. The molecule has 0 aliphatic carbocycles. The molecule has 4 aromatic heterocycles. The molecule has 7 aromatic rings. The van der Waals surface area contributed by atoms with E-state index in [0.29, 0.717) is 0 Å². The van der Waals surface area contributed by atoms with E-state index in [-0.39, 0.29) is 0 Å². The lowest BCUT2D eigenvalue weighted by atomic mass is 10.2. The number of hydrogen-bond acceptors (Lipinski definition) is 2. The van der Waals surface area contributed by atoms with Crippen molar-refractivity contribution in [2.75, 3.05) is 0 Å². The van der Waals surface area contributed by atoms with Crippen molar-refractivity contribution in [2.45, 2.75) is 13.8 Å². The molecule has 0 aliphatic rings. The van der Waals surface area contributed by atoms with Crippen molar-refractivity contribution in [1.82, 2.24) is 27.9 Å². The monoisotopic (exact) mass is 494 g/mol. The van der Waals surface area contributed by atoms with Gasteiger partial charge in [0.25, 0.3) is 0 Å². The highest BCUT2D eigenvalue weighted by molar-refractivity contribution is 5.92. The molecule has 0 spiro atoms. The summed E-state index contributed by atoms with van der Waals surface area (Å²) in [6.45, 7) is 12.3. The molecular formula is C32H26N6. The summed E-state index contributed by atoms with van der Waals surface area (Å²) in [4.78, 5) is 10.00. The summed E-state index contributed by atoms with van der Waals surface area (Å²) in [6, 6.07) is 25.2. The molecule has 0 radical (unpaired) electrons. The fourth-order valence-corrected chi connectivity index (χ4v) is 5.63. The van der Waals surface area contributed by atoms with Gasteiger partial charge in [0.1, 0.15) is 0 Å². The predicted octanol–water partition coefficient (Wildman–Crippen LogP) is 7.50. The first-order valence-electron chi connectivity index (χ1n) is 12.6. The van der Waals surface area contributed by atoms with Crippen LogP contribution in [0.3, 0.4) is 0 Å². The van der Waals surface area contributed by atoms with Gasteiger partial charge in [0, 0.05) is 0 Å². The second-order valence-electron chi connectivity index (χ2n) is 9.31. The summed E-state index contributed by atoms with van der Waals surface area (Å²) >= 11 is 0. The largest absolute Gasteiger partial charge is 0.278 e. The highest BCUT2D eigenvalue weighted by Gasteiger charge is 2.21. The van der Waals surface area contributed by atoms with Gasteiger partial charge in [-0.15, -0.1) is 0 Å². The Kier molecular flexibility index (Phi) is 4.78. The van der Waals surface area contributed by atoms with Gasteiger partial charge < -0.3 is 0 Å². The Hall–Kier alpha value is -5.10. The third-order valence-corrected chi connectivity index (χ3v) is 7.19. The van der Waals surface area contributed by atoms with Crippen molar-refractivity contribution in [3.63, 3.8) is 0 Å². The minimum Gasteiger partial charge on any atom is -0.278 e. The lowest BCUT2D eigenvalue weighted by Gasteiger charge is -2.11. The second-order valence-corrected chi connectivity index (χ2v) is 9.31. The number of hydrogen-bond donors (Lipinski definition) is 0. The number of nitrogens with zero attached hydrogens (tertiary/aromatic N) is 6. The zero-order valence-corrected chi connectivity index (χ0v) is 21.3. The smallest absolute Gasteiger partial charge is 0.220 e. The number of rotatable bonds is 5. The quantitative estimate of drug-likeness (QED) is 0.249. The number of para-hydroxylation sites is 4. The van der Waals surface area contributed by atoms with Crippen LogP contribution in [0.1, 0.15) is 29.7 Å². The fourth-order valence-electron chi connectivity index (χ4n) is 5.63. The summed E-state index contributed by atoms with van der Waals surface area (Å²) in [5.41, 5.74) is 10.2. The van der Waals surface area contributed by atoms with Crippen LogP contribution in [-0.4, -0.2) is 27.9 Å². The maximum atomic E-state index is 5.03. The molecule has 184 valence electrons. The number of aromatic nitrogens is 6. The van der Waals surface area contributed by atoms with Crippen molar-refractivity contribution < 1.29 is 0 Å². The Labute approximate surface area is 219 Å². The predicted molar refractivity (Wildman–Crippen MR) is 157 cm³/mol. The van der Waals surface area contributed by atoms with E-state index in [9.17, 15) is 0 Å². The first-order valence-corrected chi connectivity index (χ1v) is 12.6. The second kappa shape index (κ2) is 8.21. The van der Waals surface area contributed by atoms with Crippen LogP contribution in [0.5, 0.6) is 0 Å². The van der Waals surface area contributed by atoms with Gasteiger partial charge in [0.05, 0.1) is 56.2 Å². The summed E-state index contributed by atoms with van der Waals surface area (Å²) < 4.78 is 8.76. The average molecular weight is 495 g/mol. The van der Waals surface area contributed by atoms with Crippen molar-refractivity contribution in [3.8, 4) is 11.4 Å². The van der Waals surface area contributed by atoms with E-state index in [0.717, 1.165) is 67.8 Å². The summed E-state index contributed by atoms with van der Waals surface area (Å²) in [5, 5.41) is 0. The van der Waals surface area contributed by atoms with E-state index in [1.807, 2.05) is 38.1 Å². The Bertz CT molecular complexity index is 2090. The molecule has 6 nitrogen and oxygen atoms in total. The first-order chi connectivity index (χ1) is 18.7. The Morgan fingerprint density at radius 2 is 1.32 bits per heavy atom. The molecule has 0 atom stereocenters. The lowest BCUT2D eigenvalue weighted by Crippen LogP contribution is -2.01. The third-order valence-electron chi connectivity index (χ3n) is 7.19. The average Bonchev–Trinajstić information content (AvgIpc) is 3.65. The van der Waals surface area contributed by atoms with Crippen LogP contribution < -0.4 is 0 Å². The molecule has 0 amide bonds. The number of benzene rings is 3. The van der Waals surface area contributed by atoms with Crippen molar-refractivity contribution in [1.29, 1.82) is 0 Å². The molecule has 6 heteroatoms. The molecule has 4 heterocycles. The Balaban J connectivity index is 1.55. The van der Waals surface area contributed by atoms with Gasteiger partial charge in [0.2, 0.25) is 11.6 Å². The molecule has 0 saturated carbocycles. The van der Waals surface area contributed by atoms with Gasteiger partial charge in [-0.1, -0.05) is 49.6 Å². The fraction of sp³-hybridized carbons (Fsp3) is 0.0625. The van der Waals surface area contributed by atoms with E-state index < -0.39 is 0 Å². The van der Waals surface area contributed by atoms with Crippen LogP contribution in [0.2, 0.25) is 0 Å². The minimum atomic E-state index is 0.826. The molecule has 38 heavy (non-hydrogen) atoms. The van der Waals surface area contributed by atoms with Gasteiger partial charge in [-0.3, -0.25) is 17.9 Å². The van der Waals surface area contributed by atoms with Crippen LogP contribution >= 0.6 is 0 Å². The highest BCUT2D eigenvalue weighted by atomic mass is 15.2. The highest BCUT2D eigenvalue weighted by Crippen LogP contribution is 2.32. The van der Waals surface area contributed by atoms with E-state index in [1.165, 1.54) is 0 Å². The van der Waals surface area contributed by atoms with Gasteiger partial charge in [-0.05, 0) is 74.5 Å². The maximum Gasteiger partial charge on any atom is 0.220 e. The van der Waals surface area contributed by atoms with Crippen molar-refractivity contribution >= 4 is 51.9 Å². The number of aryl methyl sites for hydroxylation is 1. The van der Waals surface area contributed by atoms with E-state index in [2.05, 4.69) is 104 Å². The van der Waals surface area contributed by atoms with Crippen LogP contribution in [-0.2, 0) is 0 Å². The van der Waals surface area contributed by atoms with Gasteiger partial charge in [0.15, 0.2) is 0 Å². The summed E-state index contributed by atoms with van der Waals surface area (Å²) in [7, 11) is 0. The zero-order valence-electron chi connectivity index (χ0n) is 21.3. The topological polar surface area (TPSA) is 44.5 Å². The van der Waals surface area contributed by atoms with E-state index >= 15 is 0 Å². The first kappa shape index (κ1) is 22.1. The molecule has 0 saturated heterocycles. The molecule has 0 bridgehead atoms. The zero-order chi connectivity index (χ0) is 26.0. The number of imidazole rings is 4. The Morgan fingerprint density at radius 3 is 2.05 bits per heavy atom. The standard InChI is InChI=1S/C32H26N6/c1-5-13-27-21(4)33-31-35(25(6-2)26(7-3)37(27)31)22-14-12-15-23(20-22)36-29-18-10-11-19-30(29)38-28-17-9-8-16-24(28)34-32(36)38/h5-20H,2-3H2,1,4H3/b13-5-. The van der Waals surface area contributed by atoms with E-state index in [4.69, 9.17) is 9.97 Å². The molecule has 0 aliphatic heterocycles. The van der Waals surface area contributed by atoms with Gasteiger partial charge in [-0.25, -0.2) is 9.97 Å². The van der Waals surface area contributed by atoms with Gasteiger partial charge >= 0.3 is 0 Å². The van der Waals surface area contributed by atoms with Crippen molar-refractivity contribution in [2.24, 2.45) is 0 Å². The molecule has 0 N–H and O–H groups in total. The normalized spacial score (nSPS) is 12.1. The van der Waals surface area contributed by atoms with Crippen LogP contribution in [0.15, 0.2) is 92.0 Å². The number of allylic oxidation sites excluding steroid dienone is 1. The molecule has 7 rings (SSSR count). The van der Waals surface area contributed by atoms with Crippen LogP contribution in [0, 0.1) is 6.92 Å². The van der Waals surface area contributed by atoms with Crippen LogP contribution in [0.25, 0.3) is 63.2 Å². The van der Waals surface area contributed by atoms with Gasteiger partial charge in [-0.2, -0.15) is 0 Å². The minimum absolute atomic E-state index is 0.826. The molecular weight excluding hydrogens is 468 g/mol. The summed E-state index contributed by atoms with van der Waals surface area (Å²) in [6.07, 6.45) is 7.86. The van der Waals surface area contributed by atoms with E-state index in [1.54, 1.807) is 0 Å². The SMILES string of the molecule is C=Cc1c(C=C)n2c(/C=C\C)c(C)nc2n1-c1cccc(-n2c3ccccc3n3c4ccccc4nc23)c1. The summed E-state index contributed by atoms with van der Waals surface area (Å²) in [5.74, 6) is 1.71. The third kappa shape index (κ3) is 2.88. The molecule has 0 unspecified atom stereocenters. The van der Waals surface area contributed by atoms with Crippen LogP contribution in [0.4, 0.5) is 0 Å². The van der Waals surface area contributed by atoms with Crippen molar-refractivity contribution in [3.05, 3.63) is 115 Å². The lowest BCUT2D eigenvalue weighted by molar-refractivity contribution is 1.04. The molecule has 3 aromatic carbocycles.